The predicted octanol–water partition coefficient (Wildman–Crippen LogP) is 1.73. The van der Waals surface area contributed by atoms with Gasteiger partial charge < -0.3 is 4.90 Å². The van der Waals surface area contributed by atoms with Crippen molar-refractivity contribution in [1.29, 1.82) is 5.26 Å². The molecule has 0 saturated carbocycles. The minimum absolute atomic E-state index is 0.0777. The van der Waals surface area contributed by atoms with E-state index in [4.69, 9.17) is 5.26 Å². The molecule has 3 heteroatoms. The molecule has 1 fully saturated rings. The number of hydrogen-bond donors (Lipinski definition) is 0. The first-order chi connectivity index (χ1) is 5.76. The van der Waals surface area contributed by atoms with Crippen LogP contribution in [-0.2, 0) is 0 Å². The molecule has 68 valence electrons. The Morgan fingerprint density at radius 2 is 2.08 bits per heavy atom. The summed E-state index contributed by atoms with van der Waals surface area (Å²) in [5.41, 5.74) is 0. The molecule has 0 unspecified atom stereocenters. The van der Waals surface area contributed by atoms with Crippen molar-refractivity contribution in [2.45, 2.75) is 24.5 Å². The first-order valence-electron chi connectivity index (χ1n) is 4.45. The van der Waals surface area contributed by atoms with E-state index in [9.17, 15) is 0 Å². The lowest BCUT2D eigenvalue weighted by atomic mass is 9.97. The van der Waals surface area contributed by atoms with Gasteiger partial charge in [-0.25, -0.2) is 0 Å². The summed E-state index contributed by atoms with van der Waals surface area (Å²) in [6.07, 6.45) is 4.10. The molecule has 0 amide bonds. The number of piperidine rings is 1. The molecular formula is C9H16N2S. The number of nitrogens with zero attached hydrogens (tertiary/aromatic N) is 2. The van der Waals surface area contributed by atoms with E-state index in [0.717, 1.165) is 32.5 Å². The van der Waals surface area contributed by atoms with Crippen LogP contribution in [0.2, 0.25) is 0 Å². The van der Waals surface area contributed by atoms with Crippen LogP contribution >= 0.6 is 11.8 Å². The maximum atomic E-state index is 9.01. The van der Waals surface area contributed by atoms with Crippen LogP contribution in [-0.4, -0.2) is 35.5 Å². The number of rotatable bonds is 2. The van der Waals surface area contributed by atoms with E-state index >= 15 is 0 Å². The van der Waals surface area contributed by atoms with Gasteiger partial charge in [0.2, 0.25) is 0 Å². The van der Waals surface area contributed by atoms with E-state index < -0.39 is 0 Å². The number of hydrogen-bond acceptors (Lipinski definition) is 3. The topological polar surface area (TPSA) is 27.0 Å². The van der Waals surface area contributed by atoms with Crippen molar-refractivity contribution in [3.8, 4) is 6.07 Å². The molecule has 2 nitrogen and oxygen atoms in total. The Morgan fingerprint density at radius 3 is 2.42 bits per heavy atom. The lowest BCUT2D eigenvalue weighted by molar-refractivity contribution is 0.227. The summed E-state index contributed by atoms with van der Waals surface area (Å²) in [5.74, 6) is 0. The molecule has 0 radical (unpaired) electrons. The highest BCUT2D eigenvalue weighted by Crippen LogP contribution is 2.33. The van der Waals surface area contributed by atoms with Crippen LogP contribution in [0, 0.1) is 11.3 Å². The average molecular weight is 184 g/mol. The average Bonchev–Trinajstić information content (AvgIpc) is 2.18. The van der Waals surface area contributed by atoms with E-state index in [1.807, 2.05) is 6.26 Å². The van der Waals surface area contributed by atoms with Crippen LogP contribution in [0.4, 0.5) is 0 Å². The summed E-state index contributed by atoms with van der Waals surface area (Å²) < 4.78 is -0.0777. The number of thioether (sulfide) groups is 1. The van der Waals surface area contributed by atoms with Crippen LogP contribution in [0.25, 0.3) is 0 Å². The molecular weight excluding hydrogens is 168 g/mol. The summed E-state index contributed by atoms with van der Waals surface area (Å²) in [7, 11) is 0. The predicted molar refractivity (Wildman–Crippen MR) is 53.2 cm³/mol. The molecule has 1 aliphatic rings. The van der Waals surface area contributed by atoms with Crippen LogP contribution in [0.3, 0.4) is 0 Å². The van der Waals surface area contributed by atoms with E-state index in [-0.39, 0.29) is 4.75 Å². The van der Waals surface area contributed by atoms with Gasteiger partial charge in [-0.2, -0.15) is 5.26 Å². The van der Waals surface area contributed by atoms with Gasteiger partial charge in [0.25, 0.3) is 0 Å². The van der Waals surface area contributed by atoms with E-state index in [1.54, 1.807) is 11.8 Å². The second kappa shape index (κ2) is 4.15. The fraction of sp³-hybridized carbons (Fsp3) is 0.889. The second-order valence-electron chi connectivity index (χ2n) is 3.24. The van der Waals surface area contributed by atoms with Crippen LogP contribution in [0.5, 0.6) is 0 Å². The van der Waals surface area contributed by atoms with Crippen molar-refractivity contribution in [2.24, 2.45) is 0 Å². The molecule has 0 N–H and O–H groups in total. The van der Waals surface area contributed by atoms with Crippen molar-refractivity contribution in [2.75, 3.05) is 25.9 Å². The van der Waals surface area contributed by atoms with Gasteiger partial charge in [0.05, 0.1) is 6.07 Å². The summed E-state index contributed by atoms with van der Waals surface area (Å²) in [6.45, 7) is 5.48. The molecule has 0 atom stereocenters. The monoisotopic (exact) mass is 184 g/mol. The standard InChI is InChI=1S/C9H16N2S/c1-3-11-6-4-9(8-10,12-2)5-7-11/h3-7H2,1-2H3. The van der Waals surface area contributed by atoms with Crippen LogP contribution < -0.4 is 0 Å². The second-order valence-corrected chi connectivity index (χ2v) is 4.43. The molecule has 1 aliphatic heterocycles. The van der Waals surface area contributed by atoms with Crippen molar-refractivity contribution in [1.82, 2.24) is 4.90 Å². The van der Waals surface area contributed by atoms with Crippen molar-refractivity contribution in [3.63, 3.8) is 0 Å². The van der Waals surface area contributed by atoms with Gasteiger partial charge in [-0.15, -0.1) is 11.8 Å². The molecule has 12 heavy (non-hydrogen) atoms. The molecule has 1 saturated heterocycles. The van der Waals surface area contributed by atoms with Gasteiger partial charge >= 0.3 is 0 Å². The normalized spacial score (nSPS) is 23.4. The Kier molecular flexibility index (Phi) is 3.42. The van der Waals surface area contributed by atoms with Gasteiger partial charge in [0.15, 0.2) is 0 Å². The smallest absolute Gasteiger partial charge is 0.104 e. The molecule has 0 aliphatic carbocycles. The highest BCUT2D eigenvalue weighted by molar-refractivity contribution is 8.00. The molecule has 1 rings (SSSR count). The minimum atomic E-state index is -0.0777. The number of likely N-dealkylation sites (tertiary alicyclic amines) is 1. The van der Waals surface area contributed by atoms with Gasteiger partial charge in [-0.1, -0.05) is 6.92 Å². The van der Waals surface area contributed by atoms with Crippen LogP contribution in [0.1, 0.15) is 19.8 Å². The Labute approximate surface area is 78.9 Å². The maximum absolute atomic E-state index is 9.01. The largest absolute Gasteiger partial charge is 0.303 e. The van der Waals surface area contributed by atoms with E-state index in [0.29, 0.717) is 0 Å². The zero-order chi connectivity index (χ0) is 9.03. The van der Waals surface area contributed by atoms with Crippen molar-refractivity contribution in [3.05, 3.63) is 0 Å². The quantitative estimate of drug-likeness (QED) is 0.654. The van der Waals surface area contributed by atoms with Gasteiger partial charge in [-0.3, -0.25) is 0 Å². The molecule has 0 aromatic heterocycles. The zero-order valence-electron chi connectivity index (χ0n) is 7.84. The fourth-order valence-electron chi connectivity index (χ4n) is 1.59. The van der Waals surface area contributed by atoms with E-state index in [1.165, 1.54) is 0 Å². The zero-order valence-corrected chi connectivity index (χ0v) is 8.65. The third kappa shape index (κ3) is 1.94. The third-order valence-electron chi connectivity index (χ3n) is 2.71. The SMILES string of the molecule is CCN1CCC(C#N)(SC)CC1. The highest BCUT2D eigenvalue weighted by Gasteiger charge is 2.33. The molecule has 0 aromatic rings. The van der Waals surface area contributed by atoms with Crippen molar-refractivity contribution < 1.29 is 0 Å². The summed E-state index contributed by atoms with van der Waals surface area (Å²) >= 11 is 1.72. The molecule has 0 spiro atoms. The first-order valence-corrected chi connectivity index (χ1v) is 5.67. The van der Waals surface area contributed by atoms with Gasteiger partial charge in [0.1, 0.15) is 4.75 Å². The molecule has 0 bridgehead atoms. The fourth-order valence-corrected chi connectivity index (χ4v) is 2.27. The minimum Gasteiger partial charge on any atom is -0.303 e. The molecule has 0 aromatic carbocycles. The Balaban J connectivity index is 2.49. The summed E-state index contributed by atoms with van der Waals surface area (Å²) in [4.78, 5) is 2.41. The third-order valence-corrected chi connectivity index (χ3v) is 3.99. The summed E-state index contributed by atoms with van der Waals surface area (Å²) in [5, 5.41) is 9.01. The van der Waals surface area contributed by atoms with Crippen LogP contribution in [0.15, 0.2) is 0 Å². The Morgan fingerprint density at radius 1 is 1.50 bits per heavy atom. The highest BCUT2D eigenvalue weighted by atomic mass is 32.2. The lowest BCUT2D eigenvalue weighted by Crippen LogP contribution is -2.41. The first kappa shape index (κ1) is 9.88. The molecule has 1 heterocycles. The van der Waals surface area contributed by atoms with Gasteiger partial charge in [-0.05, 0) is 25.6 Å². The Hall–Kier alpha value is -0.200. The number of nitriles is 1. The lowest BCUT2D eigenvalue weighted by Gasteiger charge is -2.35. The van der Waals surface area contributed by atoms with Gasteiger partial charge in [0, 0.05) is 13.1 Å². The Bertz CT molecular complexity index is 177. The maximum Gasteiger partial charge on any atom is 0.104 e. The van der Waals surface area contributed by atoms with Crippen molar-refractivity contribution >= 4 is 11.8 Å². The summed E-state index contributed by atoms with van der Waals surface area (Å²) in [6, 6.07) is 2.45. The van der Waals surface area contributed by atoms with E-state index in [2.05, 4.69) is 17.9 Å².